The number of hydrogen-bond donors (Lipinski definition) is 1. The molecule has 0 spiro atoms. The maximum Gasteiger partial charge on any atom is 0.226 e. The molecule has 0 aromatic rings. The van der Waals surface area contributed by atoms with Gasteiger partial charge in [-0.25, -0.2) is 0 Å². The number of nitrogens with one attached hydrogen (secondary N) is 1. The molecule has 1 amide bonds. The summed E-state index contributed by atoms with van der Waals surface area (Å²) in [4.78, 5) is 12.0. The summed E-state index contributed by atoms with van der Waals surface area (Å²) in [5.74, 6) is 2.75. The van der Waals surface area contributed by atoms with E-state index in [1.165, 1.54) is 6.42 Å². The van der Waals surface area contributed by atoms with Crippen molar-refractivity contribution in [3.8, 4) is 12.3 Å². The van der Waals surface area contributed by atoms with Crippen molar-refractivity contribution in [1.82, 2.24) is 5.32 Å². The van der Waals surface area contributed by atoms with Crippen molar-refractivity contribution >= 4 is 5.91 Å². The van der Waals surface area contributed by atoms with Gasteiger partial charge in [-0.1, -0.05) is 39.0 Å². The summed E-state index contributed by atoms with van der Waals surface area (Å²) >= 11 is 0. The van der Waals surface area contributed by atoms with E-state index in [0.717, 1.165) is 32.1 Å². The number of terminal acetylenes is 1. The second-order valence-corrected chi connectivity index (χ2v) is 4.72. The van der Waals surface area contributed by atoms with Gasteiger partial charge in [-0.2, -0.15) is 0 Å². The normalized spacial score (nSPS) is 21.4. The smallest absolute Gasteiger partial charge is 0.226 e. The molecule has 84 valence electrons. The molecule has 1 rings (SSSR count). The summed E-state index contributed by atoms with van der Waals surface area (Å²) in [6.45, 7) is 4.05. The van der Waals surface area contributed by atoms with Gasteiger partial charge in [0.05, 0.1) is 6.04 Å². The fourth-order valence-corrected chi connectivity index (χ4v) is 2.15. The molecule has 0 heterocycles. The summed E-state index contributed by atoms with van der Waals surface area (Å²) in [7, 11) is 0. The summed E-state index contributed by atoms with van der Waals surface area (Å²) in [6.07, 6.45) is 11.7. The molecule has 15 heavy (non-hydrogen) atoms. The first kappa shape index (κ1) is 12.1. The fraction of sp³-hybridized carbons (Fsp3) is 0.769. The Balaban J connectivity index is 2.55. The maximum absolute atomic E-state index is 12.0. The Labute approximate surface area is 92.8 Å². The van der Waals surface area contributed by atoms with Crippen molar-refractivity contribution in [3.05, 3.63) is 0 Å². The lowest BCUT2D eigenvalue weighted by Gasteiger charge is -2.32. The van der Waals surface area contributed by atoms with Crippen molar-refractivity contribution in [1.29, 1.82) is 0 Å². The standard InChI is InChI=1S/C13H21NO/c1-4-11(5-2)14-12(15)13(3)9-7-6-8-10-13/h1,11H,5-10H2,2-3H3,(H,14,15). The highest BCUT2D eigenvalue weighted by atomic mass is 16.2. The van der Waals surface area contributed by atoms with E-state index >= 15 is 0 Å². The van der Waals surface area contributed by atoms with Gasteiger partial charge in [0.2, 0.25) is 5.91 Å². The number of amides is 1. The monoisotopic (exact) mass is 207 g/mol. The van der Waals surface area contributed by atoms with Crippen LogP contribution in [-0.4, -0.2) is 11.9 Å². The Morgan fingerprint density at radius 1 is 1.47 bits per heavy atom. The molecule has 1 fully saturated rings. The van der Waals surface area contributed by atoms with Gasteiger partial charge in [0.15, 0.2) is 0 Å². The van der Waals surface area contributed by atoms with E-state index < -0.39 is 0 Å². The molecule has 0 radical (unpaired) electrons. The summed E-state index contributed by atoms with van der Waals surface area (Å²) in [5, 5.41) is 2.95. The summed E-state index contributed by atoms with van der Waals surface area (Å²) in [6, 6.07) is -0.101. The van der Waals surface area contributed by atoms with Crippen LogP contribution in [0.4, 0.5) is 0 Å². The first-order valence-corrected chi connectivity index (χ1v) is 5.89. The van der Waals surface area contributed by atoms with Crippen LogP contribution < -0.4 is 5.32 Å². The third kappa shape index (κ3) is 2.99. The highest BCUT2D eigenvalue weighted by Gasteiger charge is 2.34. The Hall–Kier alpha value is -0.970. The maximum atomic E-state index is 12.0. The van der Waals surface area contributed by atoms with Crippen LogP contribution in [0.1, 0.15) is 52.4 Å². The van der Waals surface area contributed by atoms with Gasteiger partial charge in [0.25, 0.3) is 0 Å². The largest absolute Gasteiger partial charge is 0.342 e. The quantitative estimate of drug-likeness (QED) is 0.708. The molecule has 0 bridgehead atoms. The Kier molecular flexibility index (Phi) is 4.20. The molecule has 1 N–H and O–H groups in total. The van der Waals surface area contributed by atoms with Crippen LogP contribution >= 0.6 is 0 Å². The second-order valence-electron chi connectivity index (χ2n) is 4.72. The highest BCUT2D eigenvalue weighted by molar-refractivity contribution is 5.82. The van der Waals surface area contributed by atoms with Gasteiger partial charge in [-0.15, -0.1) is 6.42 Å². The van der Waals surface area contributed by atoms with Gasteiger partial charge in [-0.05, 0) is 19.3 Å². The van der Waals surface area contributed by atoms with E-state index in [1.54, 1.807) is 0 Å². The molecular formula is C13H21NO. The van der Waals surface area contributed by atoms with E-state index in [4.69, 9.17) is 6.42 Å². The highest BCUT2D eigenvalue weighted by Crippen LogP contribution is 2.35. The number of carbonyl (C=O) groups is 1. The van der Waals surface area contributed by atoms with E-state index in [2.05, 4.69) is 18.2 Å². The van der Waals surface area contributed by atoms with Crippen LogP contribution in [0.25, 0.3) is 0 Å². The lowest BCUT2D eigenvalue weighted by atomic mass is 9.75. The van der Waals surface area contributed by atoms with Crippen LogP contribution in [0.2, 0.25) is 0 Å². The van der Waals surface area contributed by atoms with Crippen molar-refractivity contribution < 1.29 is 4.79 Å². The van der Waals surface area contributed by atoms with Crippen LogP contribution in [0.5, 0.6) is 0 Å². The third-order valence-corrected chi connectivity index (χ3v) is 3.42. The third-order valence-electron chi connectivity index (χ3n) is 3.42. The average Bonchev–Trinajstić information content (AvgIpc) is 2.26. The minimum Gasteiger partial charge on any atom is -0.342 e. The van der Waals surface area contributed by atoms with Crippen LogP contribution in [0, 0.1) is 17.8 Å². The predicted octanol–water partition coefficient (Wildman–Crippen LogP) is 2.48. The fourth-order valence-electron chi connectivity index (χ4n) is 2.15. The zero-order valence-corrected chi connectivity index (χ0v) is 9.81. The topological polar surface area (TPSA) is 29.1 Å². The van der Waals surface area contributed by atoms with Gasteiger partial charge in [0.1, 0.15) is 0 Å². The van der Waals surface area contributed by atoms with E-state index in [1.807, 2.05) is 6.92 Å². The molecule has 1 unspecified atom stereocenters. The van der Waals surface area contributed by atoms with E-state index in [-0.39, 0.29) is 17.4 Å². The lowest BCUT2D eigenvalue weighted by Crippen LogP contribution is -2.44. The van der Waals surface area contributed by atoms with Gasteiger partial charge >= 0.3 is 0 Å². The van der Waals surface area contributed by atoms with E-state index in [0.29, 0.717) is 0 Å². The molecule has 0 saturated heterocycles. The number of carbonyl (C=O) groups excluding carboxylic acids is 1. The van der Waals surface area contributed by atoms with Crippen LogP contribution in [-0.2, 0) is 4.79 Å². The number of rotatable bonds is 3. The zero-order chi connectivity index (χ0) is 11.3. The molecule has 0 aromatic carbocycles. The Morgan fingerprint density at radius 2 is 2.07 bits per heavy atom. The molecule has 1 atom stereocenters. The van der Waals surface area contributed by atoms with Crippen molar-refractivity contribution in [3.63, 3.8) is 0 Å². The van der Waals surface area contributed by atoms with Crippen molar-refractivity contribution in [2.75, 3.05) is 0 Å². The summed E-state index contributed by atoms with van der Waals surface area (Å²) < 4.78 is 0. The minimum atomic E-state index is -0.178. The lowest BCUT2D eigenvalue weighted by molar-refractivity contribution is -0.132. The van der Waals surface area contributed by atoms with Crippen LogP contribution in [0.15, 0.2) is 0 Å². The number of hydrogen-bond acceptors (Lipinski definition) is 1. The SMILES string of the molecule is C#CC(CC)NC(=O)C1(C)CCCCC1. The minimum absolute atomic E-state index is 0.101. The molecule has 2 nitrogen and oxygen atoms in total. The van der Waals surface area contributed by atoms with Gasteiger partial charge in [0, 0.05) is 5.41 Å². The molecule has 1 aliphatic carbocycles. The van der Waals surface area contributed by atoms with Crippen molar-refractivity contribution in [2.24, 2.45) is 5.41 Å². The Morgan fingerprint density at radius 3 is 2.53 bits per heavy atom. The van der Waals surface area contributed by atoms with E-state index in [9.17, 15) is 4.79 Å². The molecule has 0 aromatic heterocycles. The predicted molar refractivity (Wildman–Crippen MR) is 62.2 cm³/mol. The van der Waals surface area contributed by atoms with Gasteiger partial charge < -0.3 is 5.32 Å². The Bertz CT molecular complexity index is 258. The molecule has 1 aliphatic rings. The second kappa shape index (κ2) is 5.21. The average molecular weight is 207 g/mol. The van der Waals surface area contributed by atoms with Gasteiger partial charge in [-0.3, -0.25) is 4.79 Å². The summed E-state index contributed by atoms with van der Waals surface area (Å²) in [5.41, 5.74) is -0.178. The first-order valence-electron chi connectivity index (χ1n) is 5.89. The molecule has 2 heteroatoms. The first-order chi connectivity index (χ1) is 7.12. The van der Waals surface area contributed by atoms with Crippen LogP contribution in [0.3, 0.4) is 0 Å². The zero-order valence-electron chi connectivity index (χ0n) is 9.81. The molecule has 0 aliphatic heterocycles. The molecule has 1 saturated carbocycles. The molecular weight excluding hydrogens is 186 g/mol. The van der Waals surface area contributed by atoms with Crippen molar-refractivity contribution in [2.45, 2.75) is 58.4 Å².